The molecular formula is C22H26N2O. The van der Waals surface area contributed by atoms with Gasteiger partial charge in [-0.25, -0.2) is 0 Å². The van der Waals surface area contributed by atoms with Crippen molar-refractivity contribution in [1.29, 1.82) is 0 Å². The fraction of sp³-hybridized carbons (Fsp3) is 0.318. The van der Waals surface area contributed by atoms with Gasteiger partial charge in [0.25, 0.3) is 0 Å². The first-order chi connectivity index (χ1) is 12.1. The largest absolute Gasteiger partial charge is 0.382 e. The van der Waals surface area contributed by atoms with E-state index in [4.69, 9.17) is 0 Å². The molecule has 0 aromatic heterocycles. The number of nitrogens with zero attached hydrogens (tertiary/aromatic N) is 1. The SMILES string of the molecule is Cc1ccc(/C=C/C(=O)N2CCC(Nc3ccccc3)CC2)c(C)c1. The van der Waals surface area contributed by atoms with Crippen LogP contribution in [0.15, 0.2) is 54.6 Å². The number of anilines is 1. The third kappa shape index (κ3) is 4.72. The highest BCUT2D eigenvalue weighted by atomic mass is 16.2. The molecule has 1 saturated heterocycles. The third-order valence-corrected chi connectivity index (χ3v) is 4.78. The summed E-state index contributed by atoms with van der Waals surface area (Å²) >= 11 is 0. The fourth-order valence-corrected chi connectivity index (χ4v) is 3.29. The highest BCUT2D eigenvalue weighted by Gasteiger charge is 2.21. The Morgan fingerprint density at radius 2 is 1.80 bits per heavy atom. The Labute approximate surface area is 150 Å². The number of hydrogen-bond acceptors (Lipinski definition) is 2. The van der Waals surface area contributed by atoms with Crippen molar-refractivity contribution < 1.29 is 4.79 Å². The summed E-state index contributed by atoms with van der Waals surface area (Å²) in [6.07, 6.45) is 5.62. The zero-order chi connectivity index (χ0) is 17.6. The summed E-state index contributed by atoms with van der Waals surface area (Å²) < 4.78 is 0. The van der Waals surface area contributed by atoms with E-state index >= 15 is 0 Å². The van der Waals surface area contributed by atoms with Gasteiger partial charge >= 0.3 is 0 Å². The Balaban J connectivity index is 1.52. The lowest BCUT2D eigenvalue weighted by Gasteiger charge is -2.32. The van der Waals surface area contributed by atoms with Gasteiger partial charge in [0.15, 0.2) is 0 Å². The molecule has 130 valence electrons. The van der Waals surface area contributed by atoms with Crippen molar-refractivity contribution in [3.8, 4) is 0 Å². The number of carbonyl (C=O) groups is 1. The van der Waals surface area contributed by atoms with E-state index in [0.29, 0.717) is 6.04 Å². The van der Waals surface area contributed by atoms with E-state index in [1.165, 1.54) is 11.1 Å². The van der Waals surface area contributed by atoms with Crippen LogP contribution in [-0.2, 0) is 4.79 Å². The highest BCUT2D eigenvalue weighted by molar-refractivity contribution is 5.92. The zero-order valence-corrected chi connectivity index (χ0v) is 15.0. The number of para-hydroxylation sites is 1. The predicted molar refractivity (Wildman–Crippen MR) is 105 cm³/mol. The summed E-state index contributed by atoms with van der Waals surface area (Å²) in [5.74, 6) is 0.109. The minimum Gasteiger partial charge on any atom is -0.382 e. The molecule has 1 N–H and O–H groups in total. The van der Waals surface area contributed by atoms with Crippen molar-refractivity contribution in [3.05, 3.63) is 71.3 Å². The molecule has 0 radical (unpaired) electrons. The second-order valence-corrected chi connectivity index (χ2v) is 6.80. The smallest absolute Gasteiger partial charge is 0.246 e. The molecule has 0 aliphatic carbocycles. The Bertz CT molecular complexity index is 744. The maximum absolute atomic E-state index is 12.4. The molecule has 0 spiro atoms. The van der Waals surface area contributed by atoms with Crippen molar-refractivity contribution >= 4 is 17.7 Å². The first-order valence-electron chi connectivity index (χ1n) is 8.97. The van der Waals surface area contributed by atoms with Gasteiger partial charge < -0.3 is 10.2 Å². The van der Waals surface area contributed by atoms with Crippen LogP contribution in [0.1, 0.15) is 29.5 Å². The summed E-state index contributed by atoms with van der Waals surface area (Å²) in [6.45, 7) is 5.78. The molecule has 1 heterocycles. The number of benzene rings is 2. The fourth-order valence-electron chi connectivity index (χ4n) is 3.29. The molecule has 1 fully saturated rings. The molecule has 0 atom stereocenters. The van der Waals surface area contributed by atoms with Gasteiger partial charge in [0, 0.05) is 30.9 Å². The van der Waals surface area contributed by atoms with Crippen molar-refractivity contribution in [2.24, 2.45) is 0 Å². The molecule has 3 heteroatoms. The lowest BCUT2D eigenvalue weighted by Crippen LogP contribution is -2.41. The van der Waals surface area contributed by atoms with Gasteiger partial charge in [-0.1, -0.05) is 42.0 Å². The maximum Gasteiger partial charge on any atom is 0.246 e. The van der Waals surface area contributed by atoms with Gasteiger partial charge in [-0.3, -0.25) is 4.79 Å². The quantitative estimate of drug-likeness (QED) is 0.840. The van der Waals surface area contributed by atoms with E-state index in [2.05, 4.69) is 49.5 Å². The van der Waals surface area contributed by atoms with E-state index in [1.807, 2.05) is 29.2 Å². The zero-order valence-electron chi connectivity index (χ0n) is 15.0. The van der Waals surface area contributed by atoms with E-state index < -0.39 is 0 Å². The second-order valence-electron chi connectivity index (χ2n) is 6.80. The van der Waals surface area contributed by atoms with Crippen molar-refractivity contribution in [3.63, 3.8) is 0 Å². The lowest BCUT2D eigenvalue weighted by molar-refractivity contribution is -0.126. The average Bonchev–Trinajstić information content (AvgIpc) is 2.62. The van der Waals surface area contributed by atoms with Gasteiger partial charge in [0.1, 0.15) is 0 Å². The van der Waals surface area contributed by atoms with Gasteiger partial charge in [-0.2, -0.15) is 0 Å². The Morgan fingerprint density at radius 1 is 1.08 bits per heavy atom. The van der Waals surface area contributed by atoms with Gasteiger partial charge in [-0.05, 0) is 56.0 Å². The van der Waals surface area contributed by atoms with Crippen LogP contribution in [0.5, 0.6) is 0 Å². The van der Waals surface area contributed by atoms with Gasteiger partial charge in [0.2, 0.25) is 5.91 Å². The van der Waals surface area contributed by atoms with Crippen LogP contribution in [0.4, 0.5) is 5.69 Å². The van der Waals surface area contributed by atoms with Gasteiger partial charge in [0.05, 0.1) is 0 Å². The summed E-state index contributed by atoms with van der Waals surface area (Å²) in [7, 11) is 0. The Kier molecular flexibility index (Phi) is 5.54. The number of aryl methyl sites for hydroxylation is 2. The van der Waals surface area contributed by atoms with Crippen molar-refractivity contribution in [2.75, 3.05) is 18.4 Å². The molecule has 2 aromatic rings. The molecule has 25 heavy (non-hydrogen) atoms. The van der Waals surface area contributed by atoms with Crippen LogP contribution in [0.3, 0.4) is 0 Å². The summed E-state index contributed by atoms with van der Waals surface area (Å²) in [5, 5.41) is 3.55. The Hall–Kier alpha value is -2.55. The average molecular weight is 334 g/mol. The van der Waals surface area contributed by atoms with Crippen LogP contribution >= 0.6 is 0 Å². The summed E-state index contributed by atoms with van der Waals surface area (Å²) in [5.41, 5.74) is 4.71. The summed E-state index contributed by atoms with van der Waals surface area (Å²) in [6, 6.07) is 17.0. The van der Waals surface area contributed by atoms with E-state index in [-0.39, 0.29) is 5.91 Å². The second kappa shape index (κ2) is 8.02. The minimum absolute atomic E-state index is 0.109. The molecule has 0 bridgehead atoms. The lowest BCUT2D eigenvalue weighted by atomic mass is 10.0. The minimum atomic E-state index is 0.109. The number of likely N-dealkylation sites (tertiary alicyclic amines) is 1. The monoisotopic (exact) mass is 334 g/mol. The van der Waals surface area contributed by atoms with Crippen LogP contribution in [0.2, 0.25) is 0 Å². The molecule has 2 aromatic carbocycles. The summed E-state index contributed by atoms with van der Waals surface area (Å²) in [4.78, 5) is 14.4. The van der Waals surface area contributed by atoms with Crippen LogP contribution < -0.4 is 5.32 Å². The van der Waals surface area contributed by atoms with Crippen LogP contribution in [0.25, 0.3) is 6.08 Å². The molecule has 3 nitrogen and oxygen atoms in total. The number of hydrogen-bond donors (Lipinski definition) is 1. The maximum atomic E-state index is 12.4. The topological polar surface area (TPSA) is 32.3 Å². The number of piperidine rings is 1. The first-order valence-corrected chi connectivity index (χ1v) is 8.97. The molecule has 3 rings (SSSR count). The predicted octanol–water partition coefficient (Wildman–Crippen LogP) is 4.42. The number of rotatable bonds is 4. The molecular weight excluding hydrogens is 308 g/mol. The highest BCUT2D eigenvalue weighted by Crippen LogP contribution is 2.17. The number of nitrogens with one attached hydrogen (secondary N) is 1. The van der Waals surface area contributed by atoms with Crippen LogP contribution in [-0.4, -0.2) is 29.9 Å². The normalized spacial score (nSPS) is 15.5. The van der Waals surface area contributed by atoms with E-state index in [9.17, 15) is 4.79 Å². The number of amides is 1. The standard InChI is InChI=1S/C22H26N2O/c1-17-8-9-19(18(2)16-17)10-11-22(25)24-14-12-21(13-15-24)23-20-6-4-3-5-7-20/h3-11,16,21,23H,12-15H2,1-2H3/b11-10+. The van der Waals surface area contributed by atoms with Crippen molar-refractivity contribution in [2.45, 2.75) is 32.7 Å². The molecule has 1 aliphatic heterocycles. The first kappa shape index (κ1) is 17.3. The molecule has 1 amide bonds. The van der Waals surface area contributed by atoms with E-state index in [0.717, 1.165) is 37.2 Å². The Morgan fingerprint density at radius 3 is 2.48 bits per heavy atom. The molecule has 0 saturated carbocycles. The number of carbonyl (C=O) groups excluding carboxylic acids is 1. The molecule has 0 unspecified atom stereocenters. The third-order valence-electron chi connectivity index (χ3n) is 4.78. The van der Waals surface area contributed by atoms with Crippen molar-refractivity contribution in [1.82, 2.24) is 4.90 Å². The van der Waals surface area contributed by atoms with E-state index in [1.54, 1.807) is 6.08 Å². The van der Waals surface area contributed by atoms with Crippen LogP contribution in [0, 0.1) is 13.8 Å². The van der Waals surface area contributed by atoms with Gasteiger partial charge in [-0.15, -0.1) is 0 Å². The molecule has 1 aliphatic rings.